The first-order valence-corrected chi connectivity index (χ1v) is 5.25. The molecule has 1 fully saturated rings. The van der Waals surface area contributed by atoms with Gasteiger partial charge in [0.15, 0.2) is 0 Å². The number of hydrogen-bond donors (Lipinski definition) is 1. The lowest BCUT2D eigenvalue weighted by atomic mass is 9.69. The van der Waals surface area contributed by atoms with Crippen LogP contribution in [0.25, 0.3) is 0 Å². The molecule has 0 spiro atoms. The minimum Gasteiger partial charge on any atom is -0.469 e. The van der Waals surface area contributed by atoms with Gasteiger partial charge in [0.1, 0.15) is 0 Å². The van der Waals surface area contributed by atoms with Crippen LogP contribution in [0.3, 0.4) is 0 Å². The summed E-state index contributed by atoms with van der Waals surface area (Å²) in [6.45, 7) is 4.44. The Balaban J connectivity index is 2.50. The van der Waals surface area contributed by atoms with Gasteiger partial charge in [-0.25, -0.2) is 0 Å². The fourth-order valence-corrected chi connectivity index (χ4v) is 2.64. The van der Waals surface area contributed by atoms with Gasteiger partial charge in [0, 0.05) is 12.5 Å². The molecule has 0 aliphatic heterocycles. The van der Waals surface area contributed by atoms with Crippen LogP contribution in [0.4, 0.5) is 0 Å². The maximum absolute atomic E-state index is 11.1. The number of ether oxygens (including phenoxy) is 1. The summed E-state index contributed by atoms with van der Waals surface area (Å²) in [6, 6.07) is 0.244. The molecule has 14 heavy (non-hydrogen) atoms. The van der Waals surface area contributed by atoms with E-state index >= 15 is 0 Å². The van der Waals surface area contributed by atoms with Crippen molar-refractivity contribution in [1.82, 2.24) is 0 Å². The number of methoxy groups -OCH3 is 1. The Morgan fingerprint density at radius 2 is 2.14 bits per heavy atom. The lowest BCUT2D eigenvalue weighted by molar-refractivity contribution is -0.142. The second-order valence-electron chi connectivity index (χ2n) is 5.21. The Bertz CT molecular complexity index is 213. The molecule has 0 aromatic rings. The van der Waals surface area contributed by atoms with E-state index in [0.29, 0.717) is 12.3 Å². The molecule has 0 saturated heterocycles. The van der Waals surface area contributed by atoms with Crippen molar-refractivity contribution in [3.05, 3.63) is 0 Å². The molecular weight excluding hydrogens is 178 g/mol. The molecule has 1 aliphatic rings. The van der Waals surface area contributed by atoms with E-state index in [0.717, 1.165) is 19.3 Å². The van der Waals surface area contributed by atoms with Crippen LogP contribution >= 0.6 is 0 Å². The van der Waals surface area contributed by atoms with Crippen LogP contribution in [0.1, 0.15) is 39.5 Å². The van der Waals surface area contributed by atoms with Crippen molar-refractivity contribution < 1.29 is 9.53 Å². The van der Waals surface area contributed by atoms with Crippen LogP contribution < -0.4 is 5.73 Å². The van der Waals surface area contributed by atoms with Crippen molar-refractivity contribution in [2.24, 2.45) is 17.1 Å². The first-order valence-electron chi connectivity index (χ1n) is 5.25. The highest BCUT2D eigenvalue weighted by Crippen LogP contribution is 2.39. The molecule has 0 aromatic heterocycles. The molecule has 0 aromatic carbocycles. The van der Waals surface area contributed by atoms with Gasteiger partial charge < -0.3 is 10.5 Å². The smallest absolute Gasteiger partial charge is 0.305 e. The third-order valence-electron chi connectivity index (χ3n) is 2.98. The Morgan fingerprint density at radius 3 is 2.64 bits per heavy atom. The van der Waals surface area contributed by atoms with Gasteiger partial charge in [-0.15, -0.1) is 0 Å². The predicted octanol–water partition coefficient (Wildman–Crippen LogP) is 1.70. The van der Waals surface area contributed by atoms with Gasteiger partial charge >= 0.3 is 5.97 Å². The summed E-state index contributed by atoms with van der Waals surface area (Å²) in [4.78, 5) is 11.1. The molecule has 0 radical (unpaired) electrons. The molecule has 82 valence electrons. The molecule has 0 unspecified atom stereocenters. The fourth-order valence-electron chi connectivity index (χ4n) is 2.64. The van der Waals surface area contributed by atoms with E-state index in [1.807, 2.05) is 0 Å². The Labute approximate surface area is 86.0 Å². The maximum atomic E-state index is 11.1. The van der Waals surface area contributed by atoms with Gasteiger partial charge in [-0.1, -0.05) is 13.8 Å². The van der Waals surface area contributed by atoms with Crippen molar-refractivity contribution in [3.8, 4) is 0 Å². The molecule has 0 heterocycles. The highest BCUT2D eigenvalue weighted by Gasteiger charge is 2.33. The zero-order valence-corrected chi connectivity index (χ0v) is 9.38. The van der Waals surface area contributed by atoms with Crippen molar-refractivity contribution in [2.45, 2.75) is 45.6 Å². The normalized spacial score (nSPS) is 31.1. The summed E-state index contributed by atoms with van der Waals surface area (Å²) in [5, 5.41) is 0. The molecule has 2 N–H and O–H groups in total. The summed E-state index contributed by atoms with van der Waals surface area (Å²) >= 11 is 0. The molecule has 1 aliphatic carbocycles. The van der Waals surface area contributed by atoms with Gasteiger partial charge in [0.05, 0.1) is 7.11 Å². The molecule has 0 bridgehead atoms. The largest absolute Gasteiger partial charge is 0.469 e. The number of nitrogens with two attached hydrogens (primary N) is 1. The average molecular weight is 199 g/mol. The molecule has 0 amide bonds. The van der Waals surface area contributed by atoms with E-state index in [2.05, 4.69) is 18.6 Å². The summed E-state index contributed by atoms with van der Waals surface area (Å²) in [5.74, 6) is 0.293. The van der Waals surface area contributed by atoms with E-state index in [1.165, 1.54) is 7.11 Å². The van der Waals surface area contributed by atoms with Gasteiger partial charge in [0.25, 0.3) is 0 Å². The highest BCUT2D eigenvalue weighted by atomic mass is 16.5. The van der Waals surface area contributed by atoms with E-state index in [4.69, 9.17) is 5.73 Å². The first kappa shape index (κ1) is 11.5. The number of rotatable bonds is 2. The molecule has 1 saturated carbocycles. The number of carbonyl (C=O) groups excluding carboxylic acids is 1. The molecular formula is C11H21NO2. The topological polar surface area (TPSA) is 52.3 Å². The van der Waals surface area contributed by atoms with E-state index in [-0.39, 0.29) is 17.4 Å². The van der Waals surface area contributed by atoms with E-state index in [9.17, 15) is 4.79 Å². The number of esters is 1. The SMILES string of the molecule is COC(=O)C[C@@H]1C[C@@H](N)CC(C)(C)C1. The standard InChI is InChI=1S/C11H21NO2/c1-11(2)6-8(4-9(12)7-11)5-10(13)14-3/h8-9H,4-7,12H2,1-3H3/t8-,9+/m0/s1. The van der Waals surface area contributed by atoms with Gasteiger partial charge in [-0.3, -0.25) is 4.79 Å². The lowest BCUT2D eigenvalue weighted by Crippen LogP contribution is -2.37. The summed E-state index contributed by atoms with van der Waals surface area (Å²) in [5.41, 5.74) is 6.24. The van der Waals surface area contributed by atoms with E-state index < -0.39 is 0 Å². The highest BCUT2D eigenvalue weighted by molar-refractivity contribution is 5.69. The zero-order valence-electron chi connectivity index (χ0n) is 9.38. The first-order chi connectivity index (χ1) is 6.43. The van der Waals surface area contributed by atoms with Crippen LogP contribution in [-0.2, 0) is 9.53 Å². The van der Waals surface area contributed by atoms with Crippen molar-refractivity contribution in [1.29, 1.82) is 0 Å². The second kappa shape index (κ2) is 4.30. The number of hydrogen-bond acceptors (Lipinski definition) is 3. The van der Waals surface area contributed by atoms with Crippen LogP contribution in [0.5, 0.6) is 0 Å². The van der Waals surface area contributed by atoms with E-state index in [1.54, 1.807) is 0 Å². The fraction of sp³-hybridized carbons (Fsp3) is 0.909. The summed E-state index contributed by atoms with van der Waals surface area (Å²) in [7, 11) is 1.44. The van der Waals surface area contributed by atoms with Crippen molar-refractivity contribution >= 4 is 5.97 Å². The van der Waals surface area contributed by atoms with Crippen LogP contribution in [-0.4, -0.2) is 19.1 Å². The van der Waals surface area contributed by atoms with Gasteiger partial charge in [-0.05, 0) is 30.6 Å². The third kappa shape index (κ3) is 3.29. The lowest BCUT2D eigenvalue weighted by Gasteiger charge is -2.38. The molecule has 3 nitrogen and oxygen atoms in total. The van der Waals surface area contributed by atoms with Crippen LogP contribution in [0.2, 0.25) is 0 Å². The monoisotopic (exact) mass is 199 g/mol. The Hall–Kier alpha value is -0.570. The van der Waals surface area contributed by atoms with Crippen LogP contribution in [0, 0.1) is 11.3 Å². The molecule has 2 atom stereocenters. The minimum absolute atomic E-state index is 0.111. The van der Waals surface area contributed by atoms with Crippen LogP contribution in [0.15, 0.2) is 0 Å². The van der Waals surface area contributed by atoms with Gasteiger partial charge in [-0.2, -0.15) is 0 Å². The number of carbonyl (C=O) groups is 1. The second-order valence-corrected chi connectivity index (χ2v) is 5.21. The third-order valence-corrected chi connectivity index (χ3v) is 2.98. The molecule has 3 heteroatoms. The Kier molecular flexibility index (Phi) is 3.53. The van der Waals surface area contributed by atoms with Crippen molar-refractivity contribution in [3.63, 3.8) is 0 Å². The Morgan fingerprint density at radius 1 is 1.50 bits per heavy atom. The quantitative estimate of drug-likeness (QED) is 0.689. The van der Waals surface area contributed by atoms with Crippen molar-refractivity contribution in [2.75, 3.05) is 7.11 Å². The maximum Gasteiger partial charge on any atom is 0.305 e. The zero-order chi connectivity index (χ0) is 10.8. The summed E-state index contributed by atoms with van der Waals surface area (Å²) < 4.78 is 4.68. The summed E-state index contributed by atoms with van der Waals surface area (Å²) in [6.07, 6.45) is 3.62. The predicted molar refractivity (Wildman–Crippen MR) is 55.7 cm³/mol. The minimum atomic E-state index is -0.111. The van der Waals surface area contributed by atoms with Gasteiger partial charge in [0.2, 0.25) is 0 Å². The molecule has 1 rings (SSSR count). The average Bonchev–Trinajstić information content (AvgIpc) is 1.99.